The van der Waals surface area contributed by atoms with Crippen molar-refractivity contribution in [2.75, 3.05) is 0 Å². The molecule has 2 rings (SSSR count). The predicted octanol–water partition coefficient (Wildman–Crippen LogP) is -0.903. The summed E-state index contributed by atoms with van der Waals surface area (Å²) in [5.74, 6) is 0. The molecular weight excluding hydrogens is 317 g/mol. The zero-order valence-corrected chi connectivity index (χ0v) is 11.9. The minimum atomic E-state index is -0.695. The summed E-state index contributed by atoms with van der Waals surface area (Å²) < 4.78 is 6.87. The second-order valence-electron chi connectivity index (χ2n) is 4.31. The number of nitrogens with one attached hydrogen (secondary N) is 1. The standard InChI is InChI=1S/C11H13N3O4Se/c1-6-3-14(11(17)13-10(6)16)9-2-7(15)8(18-9)4-19-5-12/h3,7-9,15H,2,4H2,1H3,(H,13,16,17)/t7-,8+,9+/m0/s1. The topological polar surface area (TPSA) is 108 Å². The Kier molecular flexibility index (Phi) is 4.22. The number of aromatic amines is 1. The van der Waals surface area contributed by atoms with Gasteiger partial charge in [-0.2, -0.15) is 0 Å². The number of nitrogens with zero attached hydrogens (tertiary/aromatic N) is 2. The molecule has 0 aliphatic carbocycles. The number of aromatic nitrogens is 2. The van der Waals surface area contributed by atoms with Crippen LogP contribution in [-0.4, -0.2) is 41.8 Å². The molecule has 1 aliphatic heterocycles. The van der Waals surface area contributed by atoms with Gasteiger partial charge in [-0.05, 0) is 0 Å². The molecule has 2 heterocycles. The number of aliphatic hydroxyl groups is 1. The number of nitriles is 1. The molecular formula is C11H13N3O4Se. The van der Waals surface area contributed by atoms with E-state index in [-0.39, 0.29) is 21.4 Å². The van der Waals surface area contributed by atoms with Crippen molar-refractivity contribution in [3.05, 3.63) is 32.6 Å². The van der Waals surface area contributed by atoms with Crippen LogP contribution in [0, 0.1) is 17.2 Å². The molecule has 0 radical (unpaired) electrons. The molecule has 1 aromatic heterocycles. The van der Waals surface area contributed by atoms with Crippen molar-refractivity contribution >= 4 is 15.0 Å². The second-order valence-corrected chi connectivity index (χ2v) is 6.00. The van der Waals surface area contributed by atoms with E-state index in [0.29, 0.717) is 10.9 Å². The summed E-state index contributed by atoms with van der Waals surface area (Å²) in [7, 11) is 0. The third kappa shape index (κ3) is 2.96. The van der Waals surface area contributed by atoms with Gasteiger partial charge in [-0.3, -0.25) is 0 Å². The van der Waals surface area contributed by atoms with Crippen molar-refractivity contribution in [2.24, 2.45) is 0 Å². The van der Waals surface area contributed by atoms with E-state index in [1.54, 1.807) is 6.92 Å². The molecule has 0 spiro atoms. The fraction of sp³-hybridized carbons (Fsp3) is 0.545. The molecule has 0 aromatic carbocycles. The molecule has 0 saturated carbocycles. The molecule has 1 aromatic rings. The molecule has 0 bridgehead atoms. The Bertz CT molecular complexity index is 618. The molecule has 102 valence electrons. The van der Waals surface area contributed by atoms with Crippen LogP contribution in [0.4, 0.5) is 0 Å². The summed E-state index contributed by atoms with van der Waals surface area (Å²) in [6, 6.07) is 0. The molecule has 0 unspecified atom stereocenters. The van der Waals surface area contributed by atoms with Gasteiger partial charge in [0.05, 0.1) is 0 Å². The van der Waals surface area contributed by atoms with E-state index in [1.165, 1.54) is 10.8 Å². The van der Waals surface area contributed by atoms with Gasteiger partial charge in [0.25, 0.3) is 0 Å². The Morgan fingerprint density at radius 1 is 1.68 bits per heavy atom. The van der Waals surface area contributed by atoms with Crippen LogP contribution >= 0.6 is 0 Å². The van der Waals surface area contributed by atoms with E-state index < -0.39 is 29.7 Å². The molecule has 19 heavy (non-hydrogen) atoms. The van der Waals surface area contributed by atoms with Crippen LogP contribution in [-0.2, 0) is 4.74 Å². The average molecular weight is 330 g/mol. The third-order valence-electron chi connectivity index (χ3n) is 2.97. The number of rotatable bonds is 3. The number of ether oxygens (including phenoxy) is 1. The Morgan fingerprint density at radius 2 is 2.42 bits per heavy atom. The van der Waals surface area contributed by atoms with Crippen LogP contribution in [0.15, 0.2) is 15.8 Å². The molecule has 1 saturated heterocycles. The SMILES string of the molecule is Cc1cn([C@H]2C[C@H](O)[C@@H](C[Se]C#N)O2)c(=O)[nH]c1=O. The number of aryl methyl sites for hydroxylation is 1. The molecule has 1 fully saturated rings. The first-order valence-corrected chi connectivity index (χ1v) is 7.76. The van der Waals surface area contributed by atoms with Gasteiger partial charge in [-0.1, -0.05) is 0 Å². The van der Waals surface area contributed by atoms with Crippen molar-refractivity contribution in [1.29, 1.82) is 5.26 Å². The third-order valence-corrected chi connectivity index (χ3v) is 4.28. The molecule has 8 heteroatoms. The number of hydrogen-bond donors (Lipinski definition) is 2. The maximum absolute atomic E-state index is 11.7. The van der Waals surface area contributed by atoms with E-state index in [2.05, 4.69) is 9.95 Å². The fourth-order valence-corrected chi connectivity index (χ4v) is 3.09. The van der Waals surface area contributed by atoms with E-state index in [4.69, 9.17) is 10.00 Å². The normalized spacial score (nSPS) is 26.3. The molecule has 1 aliphatic rings. The van der Waals surface area contributed by atoms with Crippen molar-refractivity contribution < 1.29 is 9.84 Å². The molecule has 7 nitrogen and oxygen atoms in total. The monoisotopic (exact) mass is 331 g/mol. The Hall–Kier alpha value is -1.39. The maximum atomic E-state index is 11.7. The van der Waals surface area contributed by atoms with Gasteiger partial charge >= 0.3 is 114 Å². The van der Waals surface area contributed by atoms with Gasteiger partial charge in [0.15, 0.2) is 0 Å². The van der Waals surface area contributed by atoms with E-state index in [9.17, 15) is 14.7 Å². The van der Waals surface area contributed by atoms with Gasteiger partial charge in [-0.25, -0.2) is 0 Å². The van der Waals surface area contributed by atoms with Crippen molar-refractivity contribution in [3.63, 3.8) is 0 Å². The van der Waals surface area contributed by atoms with Crippen molar-refractivity contribution in [2.45, 2.75) is 37.1 Å². The molecule has 2 N–H and O–H groups in total. The van der Waals surface area contributed by atoms with E-state index >= 15 is 0 Å². The predicted molar refractivity (Wildman–Crippen MR) is 66.8 cm³/mol. The van der Waals surface area contributed by atoms with E-state index in [0.717, 1.165) is 0 Å². The molecule has 0 amide bonds. The Morgan fingerprint density at radius 3 is 3.11 bits per heavy atom. The first kappa shape index (κ1) is 14.0. The Labute approximate surface area is 115 Å². The summed E-state index contributed by atoms with van der Waals surface area (Å²) in [5.41, 5.74) is -0.578. The average Bonchev–Trinajstić information content (AvgIpc) is 2.72. The van der Waals surface area contributed by atoms with E-state index in [1.807, 2.05) is 0 Å². The summed E-state index contributed by atoms with van der Waals surface area (Å²) >= 11 is -0.244. The van der Waals surface area contributed by atoms with Gasteiger partial charge in [-0.15, -0.1) is 0 Å². The summed E-state index contributed by atoms with van der Waals surface area (Å²) in [6.07, 6.45) is -0.0193. The second kappa shape index (κ2) is 5.72. The summed E-state index contributed by atoms with van der Waals surface area (Å²) in [4.78, 5) is 27.2. The number of H-pyrrole nitrogens is 1. The first-order valence-electron chi connectivity index (χ1n) is 5.69. The zero-order valence-electron chi connectivity index (χ0n) is 10.2. The first-order chi connectivity index (χ1) is 9.02. The fourth-order valence-electron chi connectivity index (χ4n) is 1.96. The van der Waals surface area contributed by atoms with Gasteiger partial charge in [0, 0.05) is 0 Å². The van der Waals surface area contributed by atoms with Crippen LogP contribution < -0.4 is 11.2 Å². The van der Waals surface area contributed by atoms with Crippen LogP contribution in [0.1, 0.15) is 18.2 Å². The number of hydrogen-bond acceptors (Lipinski definition) is 5. The zero-order chi connectivity index (χ0) is 14.0. The van der Waals surface area contributed by atoms with Crippen LogP contribution in [0.3, 0.4) is 0 Å². The van der Waals surface area contributed by atoms with Crippen LogP contribution in [0.25, 0.3) is 0 Å². The van der Waals surface area contributed by atoms with Crippen molar-refractivity contribution in [3.8, 4) is 4.97 Å². The quantitative estimate of drug-likeness (QED) is 0.698. The minimum absolute atomic E-state index is 0.244. The van der Waals surface area contributed by atoms with Gasteiger partial charge < -0.3 is 0 Å². The molecule has 3 atom stereocenters. The van der Waals surface area contributed by atoms with Crippen molar-refractivity contribution in [1.82, 2.24) is 9.55 Å². The van der Waals surface area contributed by atoms with Gasteiger partial charge in [0.2, 0.25) is 0 Å². The van der Waals surface area contributed by atoms with Crippen LogP contribution in [0.2, 0.25) is 5.32 Å². The van der Waals surface area contributed by atoms with Crippen LogP contribution in [0.5, 0.6) is 0 Å². The summed E-state index contributed by atoms with van der Waals surface area (Å²) in [6.45, 7) is 1.59. The van der Waals surface area contributed by atoms with Gasteiger partial charge in [0.1, 0.15) is 0 Å². The summed E-state index contributed by atoms with van der Waals surface area (Å²) in [5, 5.41) is 18.9. The Balaban J connectivity index is 2.21. The number of aliphatic hydroxyl groups excluding tert-OH is 1.